The number of hydrazine groups is 1. The van der Waals surface area contributed by atoms with Crippen LogP contribution >= 0.6 is 74.7 Å². The van der Waals surface area contributed by atoms with Gasteiger partial charge in [0.25, 0.3) is 11.8 Å². The topological polar surface area (TPSA) is 67.9 Å². The summed E-state index contributed by atoms with van der Waals surface area (Å²) in [5.41, 5.74) is 4.24. The van der Waals surface area contributed by atoms with E-state index in [1.165, 1.54) is 13.2 Å². The van der Waals surface area contributed by atoms with Crippen molar-refractivity contribution in [1.29, 1.82) is 0 Å². The summed E-state index contributed by atoms with van der Waals surface area (Å²) in [6.07, 6.45) is 1.65. The maximum atomic E-state index is 13.0. The third-order valence-corrected chi connectivity index (χ3v) is 7.74. The van der Waals surface area contributed by atoms with E-state index in [1.54, 1.807) is 54.6 Å². The SMILES string of the molecule is COc1cc(/C=C2\SC(=S)N(NC(=O)c3cccc(Cl)c3)C2=O)cc(Br)c1OCc1ccc(Cl)cc1Cl. The Hall–Kier alpha value is -2.27. The Morgan fingerprint density at radius 2 is 1.89 bits per heavy atom. The van der Waals surface area contributed by atoms with Crippen LogP contribution in [0.5, 0.6) is 11.5 Å². The monoisotopic (exact) mass is 656 g/mol. The molecule has 0 saturated carbocycles. The van der Waals surface area contributed by atoms with Crippen molar-refractivity contribution in [3.05, 3.63) is 95.7 Å². The summed E-state index contributed by atoms with van der Waals surface area (Å²) in [5.74, 6) is -0.0626. The van der Waals surface area contributed by atoms with E-state index >= 15 is 0 Å². The normalized spacial score (nSPS) is 14.3. The Bertz CT molecular complexity index is 1450. The highest BCUT2D eigenvalue weighted by Crippen LogP contribution is 2.39. The molecular formula is C25H16BrCl3N2O4S2. The first-order valence-electron chi connectivity index (χ1n) is 10.4. The molecule has 3 aromatic carbocycles. The number of carbonyl (C=O) groups is 2. The standard InChI is InChI=1S/C25H16BrCl3N2O4S2/c1-34-20-8-13(7-18(26)22(20)35-12-15-5-6-17(28)11-19(15)29)9-21-24(33)31(25(36)37-21)30-23(32)14-3-2-4-16(27)10-14/h2-11H,12H2,1H3,(H,30,32)/b21-9-. The Morgan fingerprint density at radius 1 is 1.14 bits per heavy atom. The summed E-state index contributed by atoms with van der Waals surface area (Å²) in [7, 11) is 1.51. The highest BCUT2D eigenvalue weighted by Gasteiger charge is 2.34. The number of amides is 2. The zero-order chi connectivity index (χ0) is 26.7. The number of carbonyl (C=O) groups excluding carboxylic acids is 2. The number of halogens is 4. The molecule has 0 aliphatic carbocycles. The van der Waals surface area contributed by atoms with E-state index in [0.717, 1.165) is 22.3 Å². The van der Waals surface area contributed by atoms with Gasteiger partial charge in [0.15, 0.2) is 15.8 Å². The van der Waals surface area contributed by atoms with Gasteiger partial charge in [-0.1, -0.05) is 58.7 Å². The molecule has 0 bridgehead atoms. The fraction of sp³-hybridized carbons (Fsp3) is 0.0800. The molecular weight excluding hydrogens is 643 g/mol. The van der Waals surface area contributed by atoms with Crippen LogP contribution in [0, 0.1) is 0 Å². The second-order valence-electron chi connectivity index (χ2n) is 7.53. The third kappa shape index (κ3) is 6.60. The summed E-state index contributed by atoms with van der Waals surface area (Å²) in [4.78, 5) is 25.9. The van der Waals surface area contributed by atoms with Gasteiger partial charge in [-0.3, -0.25) is 15.0 Å². The molecule has 4 rings (SSSR count). The second-order valence-corrected chi connectivity index (χ2v) is 11.3. The van der Waals surface area contributed by atoms with Gasteiger partial charge < -0.3 is 9.47 Å². The van der Waals surface area contributed by atoms with Crippen LogP contribution in [0.2, 0.25) is 15.1 Å². The van der Waals surface area contributed by atoms with Crippen LogP contribution in [-0.4, -0.2) is 28.3 Å². The van der Waals surface area contributed by atoms with Crippen LogP contribution in [0.15, 0.2) is 64.0 Å². The Morgan fingerprint density at radius 3 is 2.59 bits per heavy atom. The van der Waals surface area contributed by atoms with Crippen LogP contribution in [0.4, 0.5) is 0 Å². The van der Waals surface area contributed by atoms with Crippen LogP contribution in [-0.2, 0) is 11.4 Å². The number of nitrogens with zero attached hydrogens (tertiary/aromatic N) is 1. The average Bonchev–Trinajstić information content (AvgIpc) is 3.11. The van der Waals surface area contributed by atoms with Gasteiger partial charge in [-0.15, -0.1) is 0 Å². The molecule has 37 heavy (non-hydrogen) atoms. The van der Waals surface area contributed by atoms with Gasteiger partial charge in [0, 0.05) is 26.2 Å². The number of ether oxygens (including phenoxy) is 2. The first-order chi connectivity index (χ1) is 17.7. The van der Waals surface area contributed by atoms with Crippen LogP contribution in [0.3, 0.4) is 0 Å². The van der Waals surface area contributed by atoms with E-state index < -0.39 is 11.8 Å². The van der Waals surface area contributed by atoms with Crippen LogP contribution < -0.4 is 14.9 Å². The predicted molar refractivity (Wildman–Crippen MR) is 155 cm³/mol. The van der Waals surface area contributed by atoms with Gasteiger partial charge in [-0.05, 0) is 82.3 Å². The number of hydrogen-bond acceptors (Lipinski definition) is 6. The zero-order valence-electron chi connectivity index (χ0n) is 18.9. The van der Waals surface area contributed by atoms with E-state index in [9.17, 15) is 9.59 Å². The van der Waals surface area contributed by atoms with Crippen LogP contribution in [0.1, 0.15) is 21.5 Å². The van der Waals surface area contributed by atoms with Gasteiger partial charge in [0.1, 0.15) is 6.61 Å². The molecule has 190 valence electrons. The lowest BCUT2D eigenvalue weighted by Crippen LogP contribution is -2.44. The van der Waals surface area contributed by atoms with Crippen molar-refractivity contribution < 1.29 is 19.1 Å². The highest BCUT2D eigenvalue weighted by atomic mass is 79.9. The fourth-order valence-electron chi connectivity index (χ4n) is 3.26. The number of thioether (sulfide) groups is 1. The molecule has 6 nitrogen and oxygen atoms in total. The van der Waals surface area contributed by atoms with Gasteiger partial charge in [0.05, 0.1) is 16.5 Å². The summed E-state index contributed by atoms with van der Waals surface area (Å²) >= 11 is 28.0. The number of nitrogens with one attached hydrogen (secondary N) is 1. The van der Waals surface area contributed by atoms with Crippen LogP contribution in [0.25, 0.3) is 6.08 Å². The molecule has 1 saturated heterocycles. The van der Waals surface area contributed by atoms with E-state index in [2.05, 4.69) is 21.4 Å². The number of benzene rings is 3. The van der Waals surface area contributed by atoms with Crippen molar-refractivity contribution in [2.45, 2.75) is 6.61 Å². The summed E-state index contributed by atoms with van der Waals surface area (Å²) in [5, 5.41) is 2.46. The number of thiocarbonyl (C=S) groups is 1. The number of hydrogen-bond donors (Lipinski definition) is 1. The fourth-order valence-corrected chi connectivity index (χ4v) is 5.67. The van der Waals surface area contributed by atoms with Crippen molar-refractivity contribution in [1.82, 2.24) is 10.4 Å². The Labute approximate surface area is 245 Å². The molecule has 12 heteroatoms. The molecule has 2 amide bonds. The lowest BCUT2D eigenvalue weighted by atomic mass is 10.1. The molecule has 0 aromatic heterocycles. The molecule has 1 aliphatic rings. The Kier molecular flexibility index (Phi) is 9.05. The number of rotatable bonds is 7. The molecule has 1 aliphatic heterocycles. The second kappa shape index (κ2) is 12.1. The molecule has 1 N–H and O–H groups in total. The van der Waals surface area contributed by atoms with Crippen molar-refractivity contribution in [3.8, 4) is 11.5 Å². The smallest absolute Gasteiger partial charge is 0.285 e. The van der Waals surface area contributed by atoms with Gasteiger partial charge >= 0.3 is 0 Å². The molecule has 0 atom stereocenters. The predicted octanol–water partition coefficient (Wildman–Crippen LogP) is 7.54. The van der Waals surface area contributed by atoms with Crippen molar-refractivity contribution >= 4 is 96.9 Å². The van der Waals surface area contributed by atoms with Crippen molar-refractivity contribution in [2.24, 2.45) is 0 Å². The first kappa shape index (κ1) is 27.8. The molecule has 1 heterocycles. The number of methoxy groups -OCH3 is 1. The van der Waals surface area contributed by atoms with E-state index in [4.69, 9.17) is 56.5 Å². The lowest BCUT2D eigenvalue weighted by Gasteiger charge is -2.16. The summed E-state index contributed by atoms with van der Waals surface area (Å²) < 4.78 is 12.3. The van der Waals surface area contributed by atoms with E-state index in [-0.39, 0.29) is 10.9 Å². The lowest BCUT2D eigenvalue weighted by molar-refractivity contribution is -0.123. The third-order valence-electron chi connectivity index (χ3n) is 5.03. The maximum absolute atomic E-state index is 13.0. The molecule has 0 radical (unpaired) electrons. The minimum atomic E-state index is -0.508. The van der Waals surface area contributed by atoms with Gasteiger partial charge in [-0.2, -0.15) is 5.01 Å². The van der Waals surface area contributed by atoms with Gasteiger partial charge in [-0.25, -0.2) is 0 Å². The quantitative estimate of drug-likeness (QED) is 0.209. The summed E-state index contributed by atoms with van der Waals surface area (Å²) in [6, 6.07) is 15.0. The van der Waals surface area contributed by atoms with Crippen molar-refractivity contribution in [2.75, 3.05) is 7.11 Å². The largest absolute Gasteiger partial charge is 0.493 e. The first-order valence-corrected chi connectivity index (χ1v) is 13.6. The Balaban J connectivity index is 1.52. The average molecular weight is 659 g/mol. The summed E-state index contributed by atoms with van der Waals surface area (Å²) in [6.45, 7) is 0.190. The van der Waals surface area contributed by atoms with Gasteiger partial charge in [0.2, 0.25) is 0 Å². The molecule has 0 unspecified atom stereocenters. The van der Waals surface area contributed by atoms with Crippen molar-refractivity contribution in [3.63, 3.8) is 0 Å². The maximum Gasteiger partial charge on any atom is 0.285 e. The zero-order valence-corrected chi connectivity index (χ0v) is 24.4. The minimum Gasteiger partial charge on any atom is -0.493 e. The molecule has 0 spiro atoms. The molecule has 3 aromatic rings. The van der Waals surface area contributed by atoms with E-state index in [0.29, 0.717) is 47.1 Å². The van der Waals surface area contributed by atoms with E-state index in [1.807, 2.05) is 0 Å². The molecule has 1 fully saturated rings. The highest BCUT2D eigenvalue weighted by molar-refractivity contribution is 9.10. The minimum absolute atomic E-state index is 0.190.